The van der Waals surface area contributed by atoms with Crippen LogP contribution in [0.3, 0.4) is 0 Å². The third kappa shape index (κ3) is 4.55. The summed E-state index contributed by atoms with van der Waals surface area (Å²) in [7, 11) is 0. The van der Waals surface area contributed by atoms with Gasteiger partial charge in [-0.1, -0.05) is 44.2 Å². The second-order valence-electron chi connectivity index (χ2n) is 6.35. The summed E-state index contributed by atoms with van der Waals surface area (Å²) in [6.07, 6.45) is 1.08. The molecule has 0 aromatic heterocycles. The molecule has 0 bridgehead atoms. The molecular formula is C17H25NO3. The monoisotopic (exact) mass is 291 g/mol. The summed E-state index contributed by atoms with van der Waals surface area (Å²) in [5.41, 5.74) is 1.10. The van der Waals surface area contributed by atoms with Crippen molar-refractivity contribution in [2.45, 2.75) is 38.2 Å². The van der Waals surface area contributed by atoms with E-state index in [9.17, 15) is 9.90 Å². The summed E-state index contributed by atoms with van der Waals surface area (Å²) < 4.78 is 5.64. The van der Waals surface area contributed by atoms with Gasteiger partial charge in [-0.25, -0.2) is 0 Å². The van der Waals surface area contributed by atoms with Gasteiger partial charge < -0.3 is 14.7 Å². The minimum absolute atomic E-state index is 0.0192. The van der Waals surface area contributed by atoms with Crippen LogP contribution in [0.25, 0.3) is 0 Å². The molecule has 1 aromatic rings. The quantitative estimate of drug-likeness (QED) is 0.902. The van der Waals surface area contributed by atoms with Crippen molar-refractivity contribution in [2.75, 3.05) is 26.3 Å². The lowest BCUT2D eigenvalue weighted by atomic mass is 9.86. The van der Waals surface area contributed by atoms with E-state index in [1.165, 1.54) is 5.56 Å². The van der Waals surface area contributed by atoms with Crippen LogP contribution in [0.2, 0.25) is 0 Å². The lowest BCUT2D eigenvalue weighted by Gasteiger charge is -2.30. The van der Waals surface area contributed by atoms with Gasteiger partial charge in [-0.05, 0) is 18.4 Å². The van der Waals surface area contributed by atoms with E-state index in [0.717, 1.165) is 0 Å². The van der Waals surface area contributed by atoms with Crippen LogP contribution in [0.1, 0.15) is 32.3 Å². The van der Waals surface area contributed by atoms with E-state index in [4.69, 9.17) is 4.74 Å². The molecule has 0 spiro atoms. The van der Waals surface area contributed by atoms with E-state index in [-0.39, 0.29) is 24.0 Å². The zero-order valence-electron chi connectivity index (χ0n) is 12.9. The predicted molar refractivity (Wildman–Crippen MR) is 82.1 cm³/mol. The Bertz CT molecular complexity index is 450. The van der Waals surface area contributed by atoms with Gasteiger partial charge in [0, 0.05) is 18.5 Å². The summed E-state index contributed by atoms with van der Waals surface area (Å²) in [6.45, 7) is 6.12. The number of rotatable bonds is 5. The van der Waals surface area contributed by atoms with Gasteiger partial charge in [-0.3, -0.25) is 4.79 Å². The summed E-state index contributed by atoms with van der Waals surface area (Å²) in [5, 5.41) is 9.45. The molecule has 1 aliphatic heterocycles. The molecule has 1 fully saturated rings. The van der Waals surface area contributed by atoms with Crippen LogP contribution in [0.15, 0.2) is 30.3 Å². The Balaban J connectivity index is 1.77. The number of piperidine rings is 1. The van der Waals surface area contributed by atoms with Crippen LogP contribution < -0.4 is 0 Å². The molecule has 0 unspecified atom stereocenters. The molecule has 116 valence electrons. The second-order valence-corrected chi connectivity index (χ2v) is 6.35. The Labute approximate surface area is 126 Å². The first-order valence-electron chi connectivity index (χ1n) is 7.58. The maximum Gasteiger partial charge on any atom is 0.248 e. The number of hydrogen-bond acceptors (Lipinski definition) is 3. The molecule has 1 aromatic carbocycles. The maximum absolute atomic E-state index is 12.0. The van der Waals surface area contributed by atoms with Gasteiger partial charge in [0.25, 0.3) is 0 Å². The molecule has 0 saturated carbocycles. The summed E-state index contributed by atoms with van der Waals surface area (Å²) in [5.74, 6) is 0.0192. The first kappa shape index (κ1) is 16.0. The van der Waals surface area contributed by atoms with E-state index in [1.807, 2.05) is 18.2 Å². The molecule has 2 rings (SSSR count). The van der Waals surface area contributed by atoms with E-state index in [1.54, 1.807) is 4.90 Å². The molecule has 4 nitrogen and oxygen atoms in total. The van der Waals surface area contributed by atoms with Crippen molar-refractivity contribution in [1.82, 2.24) is 4.90 Å². The van der Waals surface area contributed by atoms with E-state index >= 15 is 0 Å². The van der Waals surface area contributed by atoms with E-state index in [0.29, 0.717) is 32.5 Å². The lowest BCUT2D eigenvalue weighted by Crippen LogP contribution is -2.42. The SMILES string of the molecule is CC(C)(COCC(=O)N1CCC(O)CC1)c1ccccc1. The molecule has 0 radical (unpaired) electrons. The second kappa shape index (κ2) is 7.05. The molecule has 21 heavy (non-hydrogen) atoms. The van der Waals surface area contributed by atoms with Crippen LogP contribution in [0.4, 0.5) is 0 Å². The first-order valence-corrected chi connectivity index (χ1v) is 7.58. The van der Waals surface area contributed by atoms with Gasteiger partial charge >= 0.3 is 0 Å². The number of aliphatic hydroxyl groups excluding tert-OH is 1. The Kier molecular flexibility index (Phi) is 5.37. The highest BCUT2D eigenvalue weighted by atomic mass is 16.5. The number of carbonyl (C=O) groups excluding carboxylic acids is 1. The molecule has 1 aliphatic rings. The van der Waals surface area contributed by atoms with Crippen molar-refractivity contribution < 1.29 is 14.6 Å². The topological polar surface area (TPSA) is 49.8 Å². The lowest BCUT2D eigenvalue weighted by molar-refractivity contribution is -0.138. The van der Waals surface area contributed by atoms with Crippen molar-refractivity contribution in [1.29, 1.82) is 0 Å². The van der Waals surface area contributed by atoms with Gasteiger partial charge in [-0.15, -0.1) is 0 Å². The van der Waals surface area contributed by atoms with Crippen LogP contribution in [0.5, 0.6) is 0 Å². The van der Waals surface area contributed by atoms with Gasteiger partial charge in [0.15, 0.2) is 0 Å². The van der Waals surface area contributed by atoms with Crippen molar-refractivity contribution in [3.8, 4) is 0 Å². The van der Waals surface area contributed by atoms with E-state index < -0.39 is 0 Å². The van der Waals surface area contributed by atoms with Crippen molar-refractivity contribution in [3.63, 3.8) is 0 Å². The summed E-state index contributed by atoms with van der Waals surface area (Å²) in [6, 6.07) is 10.2. The maximum atomic E-state index is 12.0. The molecular weight excluding hydrogens is 266 g/mol. The van der Waals surface area contributed by atoms with Crippen molar-refractivity contribution in [3.05, 3.63) is 35.9 Å². The average molecular weight is 291 g/mol. The van der Waals surface area contributed by atoms with E-state index in [2.05, 4.69) is 26.0 Å². The Morgan fingerprint density at radius 2 is 1.90 bits per heavy atom. The zero-order valence-corrected chi connectivity index (χ0v) is 12.9. The smallest absolute Gasteiger partial charge is 0.248 e. The van der Waals surface area contributed by atoms with Crippen molar-refractivity contribution >= 4 is 5.91 Å². The Morgan fingerprint density at radius 1 is 1.29 bits per heavy atom. The van der Waals surface area contributed by atoms with Crippen molar-refractivity contribution in [2.24, 2.45) is 0 Å². The molecule has 4 heteroatoms. The number of amides is 1. The standard InChI is InChI=1S/C17H25NO3/c1-17(2,14-6-4-3-5-7-14)13-21-12-16(20)18-10-8-15(19)9-11-18/h3-7,15,19H,8-13H2,1-2H3. The molecule has 1 saturated heterocycles. The third-order valence-electron chi connectivity index (χ3n) is 4.06. The highest BCUT2D eigenvalue weighted by molar-refractivity contribution is 5.77. The molecule has 1 heterocycles. The normalized spacial score (nSPS) is 17.0. The number of aliphatic hydroxyl groups is 1. The molecule has 0 aliphatic carbocycles. The number of hydrogen-bond donors (Lipinski definition) is 1. The first-order chi connectivity index (χ1) is 9.99. The van der Waals surface area contributed by atoms with Gasteiger partial charge in [0.2, 0.25) is 5.91 Å². The minimum Gasteiger partial charge on any atom is -0.393 e. The zero-order chi connectivity index (χ0) is 15.3. The van der Waals surface area contributed by atoms with Crippen LogP contribution in [0, 0.1) is 0 Å². The number of ether oxygens (including phenoxy) is 1. The Morgan fingerprint density at radius 3 is 2.52 bits per heavy atom. The number of likely N-dealkylation sites (tertiary alicyclic amines) is 1. The largest absolute Gasteiger partial charge is 0.393 e. The summed E-state index contributed by atoms with van der Waals surface area (Å²) in [4.78, 5) is 13.8. The fourth-order valence-electron chi connectivity index (χ4n) is 2.57. The highest BCUT2D eigenvalue weighted by Gasteiger charge is 2.24. The Hall–Kier alpha value is -1.39. The average Bonchev–Trinajstić information content (AvgIpc) is 2.48. The summed E-state index contributed by atoms with van der Waals surface area (Å²) >= 11 is 0. The molecule has 0 atom stereocenters. The van der Waals surface area contributed by atoms with Gasteiger partial charge in [0.1, 0.15) is 6.61 Å². The predicted octanol–water partition coefficient (Wildman–Crippen LogP) is 1.96. The number of nitrogens with zero attached hydrogens (tertiary/aromatic N) is 1. The number of benzene rings is 1. The fraction of sp³-hybridized carbons (Fsp3) is 0.588. The molecule has 1 amide bonds. The van der Waals surface area contributed by atoms with Crippen LogP contribution in [-0.2, 0) is 14.9 Å². The molecule has 1 N–H and O–H groups in total. The number of carbonyl (C=O) groups is 1. The van der Waals surface area contributed by atoms with Gasteiger partial charge in [0.05, 0.1) is 12.7 Å². The van der Waals surface area contributed by atoms with Crippen LogP contribution in [-0.4, -0.2) is 48.3 Å². The van der Waals surface area contributed by atoms with Crippen LogP contribution >= 0.6 is 0 Å². The fourth-order valence-corrected chi connectivity index (χ4v) is 2.57. The minimum atomic E-state index is -0.257. The highest BCUT2D eigenvalue weighted by Crippen LogP contribution is 2.23. The van der Waals surface area contributed by atoms with Gasteiger partial charge in [-0.2, -0.15) is 0 Å². The third-order valence-corrected chi connectivity index (χ3v) is 4.06.